The number of ketones is 1. The Kier molecular flexibility index (Phi) is 4.01. The predicted octanol–water partition coefficient (Wildman–Crippen LogP) is 1.20. The monoisotopic (exact) mass is 218 g/mol. The van der Waals surface area contributed by atoms with Gasteiger partial charge in [-0.1, -0.05) is 0 Å². The van der Waals surface area contributed by atoms with Gasteiger partial charge in [0, 0.05) is 7.11 Å². The van der Waals surface area contributed by atoms with E-state index in [-0.39, 0.29) is 0 Å². The van der Waals surface area contributed by atoms with Crippen LogP contribution in [0.1, 0.15) is 13.3 Å². The van der Waals surface area contributed by atoms with Crippen LogP contribution in [0.25, 0.3) is 0 Å². The molecule has 1 unspecified atom stereocenters. The third-order valence-corrected chi connectivity index (χ3v) is 1.62. The van der Waals surface area contributed by atoms with Gasteiger partial charge in [-0.2, -0.15) is 8.78 Å². The fraction of sp³-hybridized carbons (Fsp3) is 0.857. The molecule has 0 fully saturated rings. The molecular weight excluding hydrogens is 208 g/mol. The second kappa shape index (κ2) is 4.22. The molecule has 0 aromatic rings. The summed E-state index contributed by atoms with van der Waals surface area (Å²) in [4.78, 5) is 10.5. The van der Waals surface area contributed by atoms with E-state index in [0.717, 1.165) is 6.92 Å². The molecule has 0 saturated carbocycles. The molecule has 0 spiro atoms. The van der Waals surface area contributed by atoms with Crippen molar-refractivity contribution in [3.63, 3.8) is 0 Å². The smallest absolute Gasteiger partial charge is 0.360 e. The lowest BCUT2D eigenvalue weighted by Crippen LogP contribution is -2.55. The molecule has 84 valence electrons. The molecule has 0 amide bonds. The molecule has 0 radical (unpaired) electrons. The normalized spacial score (nSPS) is 16.9. The maximum atomic E-state index is 12.7. The first-order valence-corrected chi connectivity index (χ1v) is 3.60. The minimum absolute atomic E-state index is 0.624. The highest BCUT2D eigenvalue weighted by molar-refractivity contribution is 5.76. The largest absolute Gasteiger partial charge is 0.360 e. The zero-order valence-electron chi connectivity index (χ0n) is 7.56. The number of ether oxygens (including phenoxy) is 1. The van der Waals surface area contributed by atoms with E-state index in [0.29, 0.717) is 7.11 Å². The number of hydrogen-bond acceptors (Lipinski definition) is 3. The van der Waals surface area contributed by atoms with Crippen LogP contribution in [-0.4, -0.2) is 36.1 Å². The number of Topliss-reactive ketones (excluding diaryl/α,β-unsaturated/α-hetero) is 1. The third kappa shape index (κ3) is 2.42. The predicted molar refractivity (Wildman–Crippen MR) is 38.2 cm³/mol. The SMILES string of the molecule is COC(O)(CC(C)=O)C(F)(F)C(F)F. The van der Waals surface area contributed by atoms with Crippen molar-refractivity contribution >= 4 is 5.78 Å². The van der Waals surface area contributed by atoms with Gasteiger partial charge in [0.1, 0.15) is 5.78 Å². The first kappa shape index (κ1) is 13.3. The van der Waals surface area contributed by atoms with Crippen LogP contribution in [0.2, 0.25) is 0 Å². The van der Waals surface area contributed by atoms with Crippen molar-refractivity contribution in [3.8, 4) is 0 Å². The maximum absolute atomic E-state index is 12.7. The van der Waals surface area contributed by atoms with Gasteiger partial charge < -0.3 is 9.84 Å². The molecule has 14 heavy (non-hydrogen) atoms. The highest BCUT2D eigenvalue weighted by Crippen LogP contribution is 2.37. The van der Waals surface area contributed by atoms with E-state index < -0.39 is 30.3 Å². The maximum Gasteiger partial charge on any atom is 0.360 e. The summed E-state index contributed by atoms with van der Waals surface area (Å²) >= 11 is 0. The van der Waals surface area contributed by atoms with Crippen LogP contribution >= 0.6 is 0 Å². The molecule has 0 aliphatic heterocycles. The van der Waals surface area contributed by atoms with Gasteiger partial charge >= 0.3 is 12.3 Å². The number of methoxy groups -OCH3 is 1. The molecule has 0 aliphatic carbocycles. The Balaban J connectivity index is 4.92. The summed E-state index contributed by atoms with van der Waals surface area (Å²) in [5.41, 5.74) is 0. The number of halogens is 4. The van der Waals surface area contributed by atoms with Gasteiger partial charge in [-0.05, 0) is 6.92 Å². The van der Waals surface area contributed by atoms with Crippen LogP contribution in [0.5, 0.6) is 0 Å². The van der Waals surface area contributed by atoms with Crippen LogP contribution in [0.3, 0.4) is 0 Å². The third-order valence-electron chi connectivity index (χ3n) is 1.62. The number of aliphatic hydroxyl groups is 1. The Morgan fingerprint density at radius 1 is 1.50 bits per heavy atom. The second-order valence-electron chi connectivity index (χ2n) is 2.79. The number of hydrogen-bond donors (Lipinski definition) is 1. The molecule has 0 aromatic heterocycles. The van der Waals surface area contributed by atoms with E-state index in [9.17, 15) is 22.4 Å². The molecule has 3 nitrogen and oxygen atoms in total. The van der Waals surface area contributed by atoms with Crippen LogP contribution in [-0.2, 0) is 9.53 Å². The van der Waals surface area contributed by atoms with Crippen molar-refractivity contribution in [2.24, 2.45) is 0 Å². The van der Waals surface area contributed by atoms with Crippen LogP contribution < -0.4 is 0 Å². The molecule has 0 rings (SSSR count). The summed E-state index contributed by atoms with van der Waals surface area (Å²) in [6.07, 6.45) is -5.30. The minimum atomic E-state index is -4.78. The van der Waals surface area contributed by atoms with Gasteiger partial charge in [0.2, 0.25) is 5.79 Å². The first-order valence-electron chi connectivity index (χ1n) is 3.60. The van der Waals surface area contributed by atoms with Crippen molar-refractivity contribution in [2.45, 2.75) is 31.5 Å². The Morgan fingerprint density at radius 2 is 1.93 bits per heavy atom. The van der Waals surface area contributed by atoms with Crippen molar-refractivity contribution < 1.29 is 32.2 Å². The lowest BCUT2D eigenvalue weighted by atomic mass is 10.0. The molecule has 1 atom stereocenters. The molecule has 0 aromatic carbocycles. The van der Waals surface area contributed by atoms with Crippen molar-refractivity contribution in [2.75, 3.05) is 7.11 Å². The summed E-state index contributed by atoms with van der Waals surface area (Å²) in [5.74, 6) is -9.12. The molecule has 7 heteroatoms. The zero-order chi connectivity index (χ0) is 11.6. The number of carbonyl (C=O) groups excluding carboxylic acids is 1. The molecule has 1 N–H and O–H groups in total. The molecular formula is C7H10F4O3. The van der Waals surface area contributed by atoms with E-state index in [1.165, 1.54) is 0 Å². The van der Waals surface area contributed by atoms with Gasteiger partial charge in [0.25, 0.3) is 0 Å². The minimum Gasteiger partial charge on any atom is -0.360 e. The summed E-state index contributed by atoms with van der Waals surface area (Å²) in [7, 11) is 0.624. The van der Waals surface area contributed by atoms with Gasteiger partial charge in [-0.15, -0.1) is 0 Å². The zero-order valence-corrected chi connectivity index (χ0v) is 7.56. The van der Waals surface area contributed by atoms with Gasteiger partial charge in [0.15, 0.2) is 0 Å². The first-order chi connectivity index (χ1) is 6.17. The summed E-state index contributed by atoms with van der Waals surface area (Å²) in [5, 5.41) is 9.02. The van der Waals surface area contributed by atoms with Crippen LogP contribution in [0.15, 0.2) is 0 Å². The standard InChI is InChI=1S/C7H10F4O3/c1-4(12)3-6(13,14-2)7(10,11)5(8)9/h5,13H,3H2,1-2H3. The molecule has 0 saturated heterocycles. The number of rotatable bonds is 5. The van der Waals surface area contributed by atoms with E-state index >= 15 is 0 Å². The van der Waals surface area contributed by atoms with Crippen LogP contribution in [0.4, 0.5) is 17.6 Å². The van der Waals surface area contributed by atoms with Gasteiger partial charge in [0.05, 0.1) is 6.42 Å². The Bertz CT molecular complexity index is 219. The lowest BCUT2D eigenvalue weighted by Gasteiger charge is -2.32. The fourth-order valence-corrected chi connectivity index (χ4v) is 0.834. The van der Waals surface area contributed by atoms with Crippen LogP contribution in [0, 0.1) is 0 Å². The number of alkyl halides is 4. The second-order valence-corrected chi connectivity index (χ2v) is 2.79. The van der Waals surface area contributed by atoms with Gasteiger partial charge in [-0.3, -0.25) is 4.79 Å². The van der Waals surface area contributed by atoms with E-state index in [2.05, 4.69) is 4.74 Å². The van der Waals surface area contributed by atoms with Crippen molar-refractivity contribution in [1.82, 2.24) is 0 Å². The average molecular weight is 218 g/mol. The Labute approximate surface area is 77.7 Å². The number of carbonyl (C=O) groups is 1. The topological polar surface area (TPSA) is 46.5 Å². The van der Waals surface area contributed by atoms with E-state index in [4.69, 9.17) is 5.11 Å². The molecule has 0 heterocycles. The van der Waals surface area contributed by atoms with Gasteiger partial charge in [-0.25, -0.2) is 8.78 Å². The highest BCUT2D eigenvalue weighted by Gasteiger charge is 2.60. The Morgan fingerprint density at radius 3 is 2.14 bits per heavy atom. The Hall–Kier alpha value is -0.690. The molecule has 0 aliphatic rings. The molecule has 0 bridgehead atoms. The van der Waals surface area contributed by atoms with Crippen molar-refractivity contribution in [3.05, 3.63) is 0 Å². The average Bonchev–Trinajstić information content (AvgIpc) is 2.02. The van der Waals surface area contributed by atoms with Crippen molar-refractivity contribution in [1.29, 1.82) is 0 Å². The van der Waals surface area contributed by atoms with E-state index in [1.54, 1.807) is 0 Å². The summed E-state index contributed by atoms with van der Waals surface area (Å²) in [6, 6.07) is 0. The quantitative estimate of drug-likeness (QED) is 0.557. The summed E-state index contributed by atoms with van der Waals surface area (Å²) in [6.45, 7) is 0.880. The summed E-state index contributed by atoms with van der Waals surface area (Å²) < 4.78 is 52.9. The van der Waals surface area contributed by atoms with E-state index in [1.807, 2.05) is 0 Å². The lowest BCUT2D eigenvalue weighted by molar-refractivity contribution is -0.338. The highest BCUT2D eigenvalue weighted by atomic mass is 19.3. The fourth-order valence-electron chi connectivity index (χ4n) is 0.834.